The van der Waals surface area contributed by atoms with Crippen LogP contribution in [0.4, 0.5) is 37.5 Å². The molecule has 3 aliphatic rings. The van der Waals surface area contributed by atoms with Crippen LogP contribution in [-0.4, -0.2) is 66.2 Å². The van der Waals surface area contributed by atoms with E-state index in [4.69, 9.17) is 9.57 Å². The van der Waals surface area contributed by atoms with Gasteiger partial charge in [0.05, 0.1) is 36.8 Å². The van der Waals surface area contributed by atoms with Gasteiger partial charge in [0, 0.05) is 55.4 Å². The fraction of sp³-hybridized carbons (Fsp3) is 0.367. The summed E-state index contributed by atoms with van der Waals surface area (Å²) in [5.74, 6) is -0.195. The number of piperazine rings is 1. The lowest BCUT2D eigenvalue weighted by Gasteiger charge is -2.36. The molecule has 4 heterocycles. The summed E-state index contributed by atoms with van der Waals surface area (Å²) < 4.78 is 33.9. The summed E-state index contributed by atoms with van der Waals surface area (Å²) >= 11 is 0. The van der Waals surface area contributed by atoms with Crippen LogP contribution in [0, 0.1) is 11.6 Å². The van der Waals surface area contributed by atoms with Gasteiger partial charge < -0.3 is 20.3 Å². The van der Waals surface area contributed by atoms with E-state index in [1.165, 1.54) is 29.6 Å². The van der Waals surface area contributed by atoms with Crippen molar-refractivity contribution in [2.75, 3.05) is 53.9 Å². The molecule has 10 nitrogen and oxygen atoms in total. The van der Waals surface area contributed by atoms with Gasteiger partial charge in [-0.2, -0.15) is 0 Å². The Labute approximate surface area is 242 Å². The van der Waals surface area contributed by atoms with E-state index in [0.717, 1.165) is 37.8 Å². The second-order valence-corrected chi connectivity index (χ2v) is 10.6. The lowest BCUT2D eigenvalue weighted by Crippen LogP contribution is -2.46. The normalized spacial score (nSPS) is 21.6. The number of carbonyl (C=O) groups excluding carboxylic acids is 1. The predicted molar refractivity (Wildman–Crippen MR) is 156 cm³/mol. The Kier molecular flexibility index (Phi) is 7.65. The molecule has 3 atom stereocenters. The molecule has 1 aromatic heterocycles. The van der Waals surface area contributed by atoms with Crippen molar-refractivity contribution in [1.82, 2.24) is 14.9 Å². The molecule has 220 valence electrons. The summed E-state index contributed by atoms with van der Waals surface area (Å²) in [6.45, 7) is 9.00. The number of amides is 1. The van der Waals surface area contributed by atoms with Crippen molar-refractivity contribution in [3.05, 3.63) is 72.6 Å². The lowest BCUT2D eigenvalue weighted by atomic mass is 10.0. The second kappa shape index (κ2) is 11.5. The van der Waals surface area contributed by atoms with Crippen LogP contribution in [-0.2, 0) is 9.63 Å². The monoisotopic (exact) mass is 577 g/mol. The fourth-order valence-corrected chi connectivity index (χ4v) is 6.21. The van der Waals surface area contributed by atoms with E-state index in [0.29, 0.717) is 59.4 Å². The van der Waals surface area contributed by atoms with Crippen molar-refractivity contribution in [2.45, 2.75) is 37.9 Å². The van der Waals surface area contributed by atoms with Crippen molar-refractivity contribution < 1.29 is 23.1 Å². The Balaban J connectivity index is 1.29. The Bertz CT molecular complexity index is 1510. The first-order valence-corrected chi connectivity index (χ1v) is 14.0. The number of nitrogens with one attached hydrogen (secondary N) is 2. The number of rotatable bonds is 9. The highest BCUT2D eigenvalue weighted by atomic mass is 19.1. The molecule has 3 saturated heterocycles. The minimum absolute atomic E-state index is 0.318. The molecule has 2 aromatic carbocycles. The van der Waals surface area contributed by atoms with Crippen molar-refractivity contribution in [3.63, 3.8) is 0 Å². The van der Waals surface area contributed by atoms with Crippen LogP contribution in [0.3, 0.4) is 0 Å². The van der Waals surface area contributed by atoms with Crippen molar-refractivity contribution in [2.24, 2.45) is 0 Å². The topological polar surface area (TPSA) is 95.1 Å². The quantitative estimate of drug-likeness (QED) is 0.348. The van der Waals surface area contributed by atoms with Crippen LogP contribution in [0.15, 0.2) is 55.4 Å². The summed E-state index contributed by atoms with van der Waals surface area (Å²) in [4.78, 5) is 31.7. The Morgan fingerprint density at radius 1 is 1.17 bits per heavy atom. The van der Waals surface area contributed by atoms with Crippen LogP contribution in [0.1, 0.15) is 31.4 Å². The number of fused-ring (bicyclic) bond motifs is 2. The smallest absolute Gasteiger partial charge is 0.247 e. The van der Waals surface area contributed by atoms with Crippen LogP contribution in [0.5, 0.6) is 5.75 Å². The average molecular weight is 578 g/mol. The zero-order chi connectivity index (χ0) is 29.4. The van der Waals surface area contributed by atoms with Crippen LogP contribution in [0.2, 0.25) is 0 Å². The number of benzene rings is 2. The molecule has 3 aromatic rings. The first-order valence-electron chi connectivity index (χ1n) is 14.0. The third-order valence-corrected chi connectivity index (χ3v) is 8.20. The number of nitrogens with zero attached hydrogens (tertiary/aromatic N) is 5. The van der Waals surface area contributed by atoms with Gasteiger partial charge in [0.2, 0.25) is 5.91 Å². The fourth-order valence-electron chi connectivity index (χ4n) is 6.21. The molecular weight excluding hydrogens is 544 g/mol. The van der Waals surface area contributed by atoms with E-state index in [2.05, 4.69) is 43.9 Å². The minimum atomic E-state index is -0.643. The van der Waals surface area contributed by atoms with Gasteiger partial charge >= 0.3 is 0 Å². The summed E-state index contributed by atoms with van der Waals surface area (Å²) in [6, 6.07) is 9.29. The highest BCUT2D eigenvalue weighted by Crippen LogP contribution is 2.43. The largest absolute Gasteiger partial charge is 0.494 e. The zero-order valence-corrected chi connectivity index (χ0v) is 23.5. The van der Waals surface area contributed by atoms with E-state index in [1.807, 2.05) is 12.1 Å². The number of aromatic nitrogens is 2. The van der Waals surface area contributed by atoms with E-state index < -0.39 is 17.7 Å². The number of hydroxylamine groups is 1. The number of carbonyl (C=O) groups is 1. The van der Waals surface area contributed by atoms with Gasteiger partial charge in [-0.05, 0) is 31.2 Å². The molecule has 0 unspecified atom stereocenters. The van der Waals surface area contributed by atoms with E-state index in [-0.39, 0.29) is 5.91 Å². The summed E-state index contributed by atoms with van der Waals surface area (Å²) in [6.07, 6.45) is 4.20. The van der Waals surface area contributed by atoms with Gasteiger partial charge in [0.1, 0.15) is 29.5 Å². The Morgan fingerprint density at radius 2 is 2.02 bits per heavy atom. The molecule has 0 saturated carbocycles. The van der Waals surface area contributed by atoms with Crippen LogP contribution < -0.4 is 25.3 Å². The van der Waals surface area contributed by atoms with Gasteiger partial charge in [0.15, 0.2) is 5.82 Å². The van der Waals surface area contributed by atoms with Gasteiger partial charge in [-0.3, -0.25) is 14.5 Å². The van der Waals surface area contributed by atoms with Crippen molar-refractivity contribution >= 4 is 34.6 Å². The van der Waals surface area contributed by atoms with Gasteiger partial charge in [-0.15, -0.1) is 0 Å². The molecule has 0 spiro atoms. The number of hydrogen-bond donors (Lipinski definition) is 2. The molecule has 3 aliphatic heterocycles. The molecule has 1 amide bonds. The number of likely N-dealkylation sites (N-methyl/N-ethyl adjacent to an activating group) is 1. The summed E-state index contributed by atoms with van der Waals surface area (Å²) in [5.41, 5.74) is 2.41. The molecular formula is C30H33F2N7O3. The van der Waals surface area contributed by atoms with E-state index in [1.54, 1.807) is 13.2 Å². The minimum Gasteiger partial charge on any atom is -0.494 e. The Morgan fingerprint density at radius 3 is 2.74 bits per heavy atom. The van der Waals surface area contributed by atoms with Crippen LogP contribution in [0.25, 0.3) is 0 Å². The highest BCUT2D eigenvalue weighted by molar-refractivity contribution is 6.02. The highest BCUT2D eigenvalue weighted by Gasteiger charge is 2.43. The molecule has 2 N–H and O–H groups in total. The molecule has 2 bridgehead atoms. The van der Waals surface area contributed by atoms with Crippen molar-refractivity contribution in [1.29, 1.82) is 0 Å². The van der Waals surface area contributed by atoms with E-state index in [9.17, 15) is 13.6 Å². The second-order valence-electron chi connectivity index (χ2n) is 10.6. The molecule has 0 aliphatic carbocycles. The SMILES string of the molecule is C=CC(=O)Nc1cc(Nc2cc(N3OCC[C@@H]3c3ccc(F)cc3F)ncn2)c(OC)cc1N1C[C@H]2C[C@@H]1CN2CC. The molecule has 12 heteroatoms. The van der Waals surface area contributed by atoms with Gasteiger partial charge in [-0.25, -0.2) is 23.8 Å². The molecule has 0 radical (unpaired) electrons. The third-order valence-electron chi connectivity index (χ3n) is 8.20. The number of hydrogen-bond acceptors (Lipinski definition) is 9. The molecule has 3 fully saturated rings. The predicted octanol–water partition coefficient (Wildman–Crippen LogP) is 4.80. The first-order chi connectivity index (χ1) is 20.4. The third kappa shape index (κ3) is 5.23. The summed E-state index contributed by atoms with van der Waals surface area (Å²) in [5, 5.41) is 7.75. The molecule has 6 rings (SSSR count). The lowest BCUT2D eigenvalue weighted by molar-refractivity contribution is -0.111. The first kappa shape index (κ1) is 27.9. The Hall–Kier alpha value is -4.29. The number of ether oxygens (including phenoxy) is 1. The standard InChI is InChI=1S/C30H33F2N7O3/c1-4-30(40)36-23-12-24(27(41-3)13-26(23)38-16-19-11-20(38)15-37(19)5-2)35-28-14-29(34-17-33-28)39-25(8-9-42-39)21-7-6-18(31)10-22(21)32/h4,6-7,10,12-14,17,19-20,25H,1,5,8-9,11,15-16H2,2-3H3,(H,36,40)(H,33,34,35)/t19-,20-,25-/m1/s1. The number of halogens is 2. The molecule has 42 heavy (non-hydrogen) atoms. The average Bonchev–Trinajstić information content (AvgIpc) is 3.74. The van der Waals surface area contributed by atoms with Crippen molar-refractivity contribution in [3.8, 4) is 5.75 Å². The van der Waals surface area contributed by atoms with Gasteiger partial charge in [0.25, 0.3) is 0 Å². The zero-order valence-electron chi connectivity index (χ0n) is 23.5. The number of methoxy groups -OCH3 is 1. The summed E-state index contributed by atoms with van der Waals surface area (Å²) in [7, 11) is 1.59. The van der Waals surface area contributed by atoms with Crippen LogP contribution >= 0.6 is 0 Å². The maximum absolute atomic E-state index is 14.6. The number of anilines is 5. The maximum atomic E-state index is 14.6. The number of likely N-dealkylation sites (tertiary alicyclic amines) is 1. The maximum Gasteiger partial charge on any atom is 0.247 e. The van der Waals surface area contributed by atoms with Gasteiger partial charge in [-0.1, -0.05) is 19.6 Å². The van der Waals surface area contributed by atoms with E-state index >= 15 is 0 Å².